The summed E-state index contributed by atoms with van der Waals surface area (Å²) in [6.45, 7) is 4.84. The molecule has 2 rings (SSSR count). The van der Waals surface area contributed by atoms with Crippen molar-refractivity contribution in [3.8, 4) is 0 Å². The van der Waals surface area contributed by atoms with Crippen molar-refractivity contribution in [1.82, 2.24) is 4.90 Å². The summed E-state index contributed by atoms with van der Waals surface area (Å²) in [5.41, 5.74) is 0. The van der Waals surface area contributed by atoms with E-state index in [1.54, 1.807) is 0 Å². The Labute approximate surface area is 79.7 Å². The topological polar surface area (TPSA) is 32.7 Å². The molecule has 0 aliphatic carbocycles. The summed E-state index contributed by atoms with van der Waals surface area (Å²) in [5.74, 6) is 0.384. The van der Waals surface area contributed by atoms with E-state index in [1.807, 2.05) is 0 Å². The van der Waals surface area contributed by atoms with E-state index in [4.69, 9.17) is 4.74 Å². The van der Waals surface area contributed by atoms with Crippen LogP contribution in [-0.4, -0.2) is 49.0 Å². The molecule has 76 valence electrons. The number of hydrogen-bond acceptors (Lipinski definition) is 3. The van der Waals surface area contributed by atoms with Gasteiger partial charge in [0.25, 0.3) is 0 Å². The Bertz CT molecular complexity index is 153. The average Bonchev–Trinajstić information content (AvgIpc) is 2.12. The van der Waals surface area contributed by atoms with Gasteiger partial charge < -0.3 is 14.7 Å². The number of hydrogen-bond donors (Lipinski definition) is 1. The van der Waals surface area contributed by atoms with E-state index in [0.717, 1.165) is 32.6 Å². The van der Waals surface area contributed by atoms with Gasteiger partial charge in [-0.1, -0.05) is 0 Å². The molecule has 2 heterocycles. The molecule has 0 aromatic rings. The molecule has 3 heteroatoms. The highest BCUT2D eigenvalue weighted by Crippen LogP contribution is 2.19. The molecule has 0 amide bonds. The van der Waals surface area contributed by atoms with Crippen LogP contribution in [0.3, 0.4) is 0 Å². The van der Waals surface area contributed by atoms with Crippen LogP contribution in [0, 0.1) is 5.92 Å². The smallest absolute Gasteiger partial charge is 0.0717 e. The third kappa shape index (κ3) is 2.42. The van der Waals surface area contributed by atoms with Crippen LogP contribution in [-0.2, 0) is 4.74 Å². The van der Waals surface area contributed by atoms with Crippen LogP contribution in [0.15, 0.2) is 0 Å². The molecule has 2 unspecified atom stereocenters. The van der Waals surface area contributed by atoms with Crippen molar-refractivity contribution in [2.45, 2.75) is 25.4 Å². The second-order valence-corrected chi connectivity index (χ2v) is 4.20. The van der Waals surface area contributed by atoms with Crippen LogP contribution < -0.4 is 0 Å². The van der Waals surface area contributed by atoms with Crippen LogP contribution in [0.2, 0.25) is 0 Å². The fraction of sp³-hybridized carbons (Fsp3) is 1.00. The van der Waals surface area contributed by atoms with E-state index in [2.05, 4.69) is 4.90 Å². The Hall–Kier alpha value is -0.120. The van der Waals surface area contributed by atoms with E-state index in [-0.39, 0.29) is 6.10 Å². The number of aliphatic hydroxyl groups excluding tert-OH is 1. The van der Waals surface area contributed by atoms with Gasteiger partial charge in [-0.3, -0.25) is 0 Å². The summed E-state index contributed by atoms with van der Waals surface area (Å²) < 4.78 is 5.36. The van der Waals surface area contributed by atoms with Crippen molar-refractivity contribution in [1.29, 1.82) is 0 Å². The number of ether oxygens (including phenoxy) is 1. The zero-order valence-electron chi connectivity index (χ0n) is 8.11. The Kier molecular flexibility index (Phi) is 3.19. The number of likely N-dealkylation sites (tertiary alicyclic amines) is 1. The maximum atomic E-state index is 9.89. The lowest BCUT2D eigenvalue weighted by Gasteiger charge is -2.35. The minimum atomic E-state index is -0.166. The number of β-amino-alcohol motifs (C(OH)–C–C–N with tert-alkyl or cyclic N) is 1. The molecular formula is C10H19NO2. The zero-order chi connectivity index (χ0) is 9.10. The maximum Gasteiger partial charge on any atom is 0.0717 e. The summed E-state index contributed by atoms with van der Waals surface area (Å²) in [7, 11) is 0. The van der Waals surface area contributed by atoms with E-state index >= 15 is 0 Å². The summed E-state index contributed by atoms with van der Waals surface area (Å²) >= 11 is 0. The monoisotopic (exact) mass is 185 g/mol. The molecule has 13 heavy (non-hydrogen) atoms. The van der Waals surface area contributed by atoms with Gasteiger partial charge in [0.15, 0.2) is 0 Å². The first-order valence-electron chi connectivity index (χ1n) is 5.34. The van der Waals surface area contributed by atoms with E-state index < -0.39 is 0 Å². The van der Waals surface area contributed by atoms with Gasteiger partial charge in [0.05, 0.1) is 12.7 Å². The number of rotatable bonds is 3. The third-order valence-electron chi connectivity index (χ3n) is 3.13. The molecule has 0 bridgehead atoms. The van der Waals surface area contributed by atoms with Crippen molar-refractivity contribution >= 4 is 0 Å². The molecule has 0 radical (unpaired) electrons. The van der Waals surface area contributed by atoms with Gasteiger partial charge in [-0.2, -0.15) is 0 Å². The van der Waals surface area contributed by atoms with Crippen molar-refractivity contribution in [2.24, 2.45) is 5.92 Å². The summed E-state index contributed by atoms with van der Waals surface area (Å²) in [4.78, 5) is 2.32. The first-order chi connectivity index (χ1) is 6.36. The molecule has 3 nitrogen and oxygen atoms in total. The molecule has 0 saturated carbocycles. The fourth-order valence-corrected chi connectivity index (χ4v) is 2.05. The molecule has 2 atom stereocenters. The van der Waals surface area contributed by atoms with Gasteiger partial charge in [0.2, 0.25) is 0 Å². The maximum absolute atomic E-state index is 9.89. The van der Waals surface area contributed by atoms with Gasteiger partial charge in [0, 0.05) is 19.1 Å². The highest BCUT2D eigenvalue weighted by molar-refractivity contribution is 4.78. The molecule has 2 saturated heterocycles. The largest absolute Gasteiger partial charge is 0.391 e. The lowest BCUT2D eigenvalue weighted by atomic mass is 9.95. The first kappa shape index (κ1) is 9.44. The van der Waals surface area contributed by atoms with Crippen LogP contribution in [0.25, 0.3) is 0 Å². The quantitative estimate of drug-likeness (QED) is 0.694. The van der Waals surface area contributed by atoms with Crippen molar-refractivity contribution < 1.29 is 9.84 Å². The Balaban J connectivity index is 1.70. The van der Waals surface area contributed by atoms with E-state index in [9.17, 15) is 5.11 Å². The SMILES string of the molecule is OC(CN1CCC1)C1CCCOC1. The van der Waals surface area contributed by atoms with Gasteiger partial charge in [-0.15, -0.1) is 0 Å². The highest BCUT2D eigenvalue weighted by atomic mass is 16.5. The molecule has 0 aromatic carbocycles. The van der Waals surface area contributed by atoms with Gasteiger partial charge >= 0.3 is 0 Å². The highest BCUT2D eigenvalue weighted by Gasteiger charge is 2.25. The molecule has 0 spiro atoms. The lowest BCUT2D eigenvalue weighted by Crippen LogP contribution is -2.45. The minimum absolute atomic E-state index is 0.166. The van der Waals surface area contributed by atoms with Crippen molar-refractivity contribution in [3.63, 3.8) is 0 Å². The predicted molar refractivity (Wildman–Crippen MR) is 50.6 cm³/mol. The standard InChI is InChI=1S/C10H19NO2/c12-10(7-11-4-2-5-11)9-3-1-6-13-8-9/h9-10,12H,1-8H2. The molecule has 2 fully saturated rings. The van der Waals surface area contributed by atoms with Gasteiger partial charge in [-0.25, -0.2) is 0 Å². The average molecular weight is 185 g/mol. The van der Waals surface area contributed by atoms with Crippen LogP contribution in [0.1, 0.15) is 19.3 Å². The van der Waals surface area contributed by atoms with E-state index in [0.29, 0.717) is 5.92 Å². The zero-order valence-corrected chi connectivity index (χ0v) is 8.11. The van der Waals surface area contributed by atoms with Crippen LogP contribution in [0.4, 0.5) is 0 Å². The van der Waals surface area contributed by atoms with Gasteiger partial charge in [-0.05, 0) is 32.4 Å². The normalized spacial score (nSPS) is 32.5. The first-order valence-corrected chi connectivity index (χ1v) is 5.34. The van der Waals surface area contributed by atoms with Crippen LogP contribution >= 0.6 is 0 Å². The molecule has 2 aliphatic rings. The Morgan fingerprint density at radius 2 is 2.23 bits per heavy atom. The van der Waals surface area contributed by atoms with Crippen molar-refractivity contribution in [2.75, 3.05) is 32.8 Å². The molecular weight excluding hydrogens is 166 g/mol. The third-order valence-corrected chi connectivity index (χ3v) is 3.13. The Morgan fingerprint density at radius 1 is 1.38 bits per heavy atom. The van der Waals surface area contributed by atoms with Gasteiger partial charge in [0.1, 0.15) is 0 Å². The fourth-order valence-electron chi connectivity index (χ4n) is 2.05. The van der Waals surface area contributed by atoms with Crippen molar-refractivity contribution in [3.05, 3.63) is 0 Å². The summed E-state index contributed by atoms with van der Waals surface area (Å²) in [6, 6.07) is 0. The second kappa shape index (κ2) is 4.40. The molecule has 0 aromatic heterocycles. The van der Waals surface area contributed by atoms with Crippen LogP contribution in [0.5, 0.6) is 0 Å². The Morgan fingerprint density at radius 3 is 2.77 bits per heavy atom. The molecule has 2 aliphatic heterocycles. The summed E-state index contributed by atoms with van der Waals surface area (Å²) in [5, 5.41) is 9.89. The lowest BCUT2D eigenvalue weighted by molar-refractivity contribution is -0.0288. The van der Waals surface area contributed by atoms with E-state index in [1.165, 1.54) is 19.5 Å². The molecule has 1 N–H and O–H groups in total. The number of nitrogens with zero attached hydrogens (tertiary/aromatic N) is 1. The predicted octanol–water partition coefficient (Wildman–Crippen LogP) is 0.480. The minimum Gasteiger partial charge on any atom is -0.391 e. The number of aliphatic hydroxyl groups is 1. The summed E-state index contributed by atoms with van der Waals surface area (Å²) in [6.07, 6.45) is 3.38. The second-order valence-electron chi connectivity index (χ2n) is 4.20.